The number of hydroxylamine groups is 1. The van der Waals surface area contributed by atoms with Crippen molar-refractivity contribution in [1.82, 2.24) is 14.8 Å². The second-order valence-electron chi connectivity index (χ2n) is 7.48. The Kier molecular flexibility index (Phi) is 4.68. The predicted octanol–water partition coefficient (Wildman–Crippen LogP) is -1.80. The zero-order valence-corrected chi connectivity index (χ0v) is 16.5. The van der Waals surface area contributed by atoms with Crippen molar-refractivity contribution in [1.29, 1.82) is 0 Å². The van der Waals surface area contributed by atoms with Crippen molar-refractivity contribution < 1.29 is 34.4 Å². The van der Waals surface area contributed by atoms with Gasteiger partial charge in [0.1, 0.15) is 18.4 Å². The van der Waals surface area contributed by atoms with E-state index in [1.165, 1.54) is 23.2 Å². The smallest absolute Gasteiger partial charge is 0.251 e. The third-order valence-electron chi connectivity index (χ3n) is 5.73. The maximum atomic E-state index is 12.4. The molecule has 4 heterocycles. The van der Waals surface area contributed by atoms with Gasteiger partial charge in [0.25, 0.3) is 5.91 Å². The Morgan fingerprint density at radius 1 is 1.45 bits per heavy atom. The van der Waals surface area contributed by atoms with Crippen molar-refractivity contribution in [2.24, 2.45) is 11.8 Å². The van der Waals surface area contributed by atoms with E-state index in [4.69, 9.17) is 5.21 Å². The van der Waals surface area contributed by atoms with Crippen LogP contribution in [0.5, 0.6) is 0 Å². The molecule has 10 nitrogen and oxygen atoms in total. The van der Waals surface area contributed by atoms with E-state index in [1.807, 2.05) is 13.1 Å². The average molecular weight is 420 g/mol. The van der Waals surface area contributed by atoms with Crippen molar-refractivity contribution >= 4 is 34.0 Å². The molecular formula is C18H20N4O6S. The molecule has 0 bridgehead atoms. The lowest BCUT2D eigenvalue weighted by molar-refractivity contribution is -0.688. The Hall–Kier alpha value is -2.76. The highest BCUT2D eigenvalue weighted by atomic mass is 32.1. The molecule has 1 saturated heterocycles. The van der Waals surface area contributed by atoms with E-state index >= 15 is 0 Å². The number of carbonyl (C=O) groups excluding carboxylic acids is 3. The summed E-state index contributed by atoms with van der Waals surface area (Å²) in [5, 5.41) is 32.2. The highest BCUT2D eigenvalue weighted by molar-refractivity contribution is 7.15. The molecule has 11 heteroatoms. The molecule has 4 atom stereocenters. The molecule has 29 heavy (non-hydrogen) atoms. The fourth-order valence-electron chi connectivity index (χ4n) is 4.39. The maximum Gasteiger partial charge on any atom is 0.251 e. The number of thiazole rings is 1. The Balaban J connectivity index is 1.66. The van der Waals surface area contributed by atoms with E-state index in [2.05, 4.69) is 0 Å². The summed E-state index contributed by atoms with van der Waals surface area (Å²) in [5.41, 5.74) is 2.72. The molecule has 0 aromatic carbocycles. The number of rotatable bonds is 6. The summed E-state index contributed by atoms with van der Waals surface area (Å²) in [7, 11) is 0. The number of aliphatic carboxylic acids is 1. The number of amides is 2. The summed E-state index contributed by atoms with van der Waals surface area (Å²) < 4.78 is 3.58. The molecule has 0 spiro atoms. The molecule has 2 aromatic heterocycles. The van der Waals surface area contributed by atoms with Crippen LogP contribution < -0.4 is 15.2 Å². The van der Waals surface area contributed by atoms with E-state index in [0.717, 1.165) is 4.83 Å². The Morgan fingerprint density at radius 2 is 2.17 bits per heavy atom. The van der Waals surface area contributed by atoms with Crippen LogP contribution in [-0.2, 0) is 27.3 Å². The molecule has 1 fully saturated rings. The molecule has 0 unspecified atom stereocenters. The summed E-state index contributed by atoms with van der Waals surface area (Å²) in [4.78, 5) is 37.7. The number of aliphatic hydroxyl groups excluding tert-OH is 1. The second-order valence-corrected chi connectivity index (χ2v) is 8.37. The van der Waals surface area contributed by atoms with E-state index in [9.17, 15) is 24.6 Å². The molecule has 0 radical (unpaired) electrons. The Bertz CT molecular complexity index is 1050. The van der Waals surface area contributed by atoms with Crippen LogP contribution in [-0.4, -0.2) is 49.5 Å². The zero-order valence-electron chi connectivity index (χ0n) is 15.7. The van der Waals surface area contributed by atoms with Gasteiger partial charge in [0.15, 0.2) is 0 Å². The average Bonchev–Trinajstić information content (AvgIpc) is 3.28. The number of carbonyl (C=O) groups is 3. The minimum Gasteiger partial charge on any atom is -0.543 e. The van der Waals surface area contributed by atoms with Crippen LogP contribution in [0, 0.1) is 11.8 Å². The molecule has 2 amide bonds. The quantitative estimate of drug-likeness (QED) is 0.218. The first-order valence-electron chi connectivity index (χ1n) is 9.10. The monoisotopic (exact) mass is 420 g/mol. The number of hydrogen-bond donors (Lipinski definition) is 3. The van der Waals surface area contributed by atoms with Gasteiger partial charge in [-0.15, -0.1) is 0 Å². The standard InChI is InChI=1S/C18H20N4O6S/c1-8-11(16(18(26)27)22-15(8)14(9(2)23)17(22)25)4-20-5-13-21(7-20)10(6-29-13)3-12(24)19-28/h5-9,14-15,23H,3-4H2,1-2H3,(H2-,19,24,26,27,28)/t8-,9+,14+,15+/m0/s1. The third kappa shape index (κ3) is 2.93. The van der Waals surface area contributed by atoms with Gasteiger partial charge in [-0.25, -0.2) is 10.0 Å². The van der Waals surface area contributed by atoms with E-state index < -0.39 is 35.8 Å². The van der Waals surface area contributed by atoms with Crippen LogP contribution in [0.25, 0.3) is 4.83 Å². The second kappa shape index (κ2) is 6.94. The molecule has 3 N–H and O–H groups in total. The first-order valence-corrected chi connectivity index (χ1v) is 9.98. The van der Waals surface area contributed by atoms with Crippen molar-refractivity contribution in [3.8, 4) is 0 Å². The van der Waals surface area contributed by atoms with Crippen LogP contribution in [0.3, 0.4) is 0 Å². The SMILES string of the molecule is C[C@@H](O)[C@H]1C(=O)N2C(C(=O)[O-])=C(C[n+]3cc4scc(CC(=O)NO)n4c3)[C@H](C)[C@H]12. The maximum absolute atomic E-state index is 12.4. The number of carboxylic acid groups (broad SMARTS) is 1. The molecule has 0 aliphatic carbocycles. The summed E-state index contributed by atoms with van der Waals surface area (Å²) in [6.07, 6.45) is 2.69. The number of imidazole rings is 1. The van der Waals surface area contributed by atoms with Crippen LogP contribution in [0.2, 0.25) is 0 Å². The summed E-state index contributed by atoms with van der Waals surface area (Å²) >= 11 is 1.41. The topological polar surface area (TPSA) is 138 Å². The highest BCUT2D eigenvalue weighted by Crippen LogP contribution is 2.46. The van der Waals surface area contributed by atoms with Gasteiger partial charge in [-0.05, 0) is 6.92 Å². The van der Waals surface area contributed by atoms with Crippen molar-refractivity contribution in [2.45, 2.75) is 39.0 Å². The fraction of sp³-hybridized carbons (Fsp3) is 0.444. The third-order valence-corrected chi connectivity index (χ3v) is 6.66. The summed E-state index contributed by atoms with van der Waals surface area (Å²) in [6, 6.07) is -0.390. The van der Waals surface area contributed by atoms with E-state index in [1.54, 1.807) is 26.2 Å². The van der Waals surface area contributed by atoms with Gasteiger partial charge in [0, 0.05) is 16.9 Å². The number of carboxylic acids is 1. The van der Waals surface area contributed by atoms with Crippen LogP contribution in [0.15, 0.2) is 29.2 Å². The number of nitrogens with one attached hydrogen (secondary N) is 1. The van der Waals surface area contributed by atoms with Crippen molar-refractivity contribution in [3.63, 3.8) is 0 Å². The number of nitrogens with zero attached hydrogens (tertiary/aromatic N) is 3. The van der Waals surface area contributed by atoms with Gasteiger partial charge in [0.2, 0.25) is 17.1 Å². The van der Waals surface area contributed by atoms with Gasteiger partial charge in [-0.1, -0.05) is 18.3 Å². The molecule has 0 saturated carbocycles. The van der Waals surface area contributed by atoms with Crippen LogP contribution in [0.1, 0.15) is 19.5 Å². The molecule has 4 rings (SSSR count). The summed E-state index contributed by atoms with van der Waals surface area (Å²) in [6.45, 7) is 3.61. The minimum absolute atomic E-state index is 0.00496. The lowest BCUT2D eigenvalue weighted by Gasteiger charge is -2.47. The molecule has 2 aliphatic heterocycles. The number of hydrogen-bond acceptors (Lipinski definition) is 7. The largest absolute Gasteiger partial charge is 0.543 e. The van der Waals surface area contributed by atoms with E-state index in [-0.39, 0.29) is 24.6 Å². The Morgan fingerprint density at radius 3 is 2.79 bits per heavy atom. The normalized spacial score (nSPS) is 24.6. The molecule has 2 aromatic rings. The van der Waals surface area contributed by atoms with Crippen molar-refractivity contribution in [3.05, 3.63) is 34.9 Å². The van der Waals surface area contributed by atoms with Crippen LogP contribution >= 0.6 is 11.3 Å². The first kappa shape index (κ1) is 19.6. The van der Waals surface area contributed by atoms with E-state index in [0.29, 0.717) is 11.3 Å². The van der Waals surface area contributed by atoms with Gasteiger partial charge in [-0.2, -0.15) is 4.40 Å². The lowest BCUT2D eigenvalue weighted by atomic mass is 9.78. The number of aliphatic hydroxyl groups is 1. The van der Waals surface area contributed by atoms with Gasteiger partial charge >= 0.3 is 0 Å². The number of aromatic nitrogens is 2. The zero-order chi connectivity index (χ0) is 21.0. The molecule has 154 valence electrons. The summed E-state index contributed by atoms with van der Waals surface area (Å²) in [5.74, 6) is -3.21. The fourth-order valence-corrected chi connectivity index (χ4v) is 5.32. The molecular weight excluding hydrogens is 400 g/mol. The predicted molar refractivity (Wildman–Crippen MR) is 96.1 cm³/mol. The minimum atomic E-state index is -1.41. The lowest BCUT2D eigenvalue weighted by Crippen LogP contribution is -2.64. The number of β-lactam (4-membered cyclic amide) rings is 1. The number of fused-ring (bicyclic) bond motifs is 2. The highest BCUT2D eigenvalue weighted by Gasteiger charge is 2.58. The van der Waals surface area contributed by atoms with Gasteiger partial charge in [-0.3, -0.25) is 14.8 Å². The molecule has 2 aliphatic rings. The Labute approximate surface area is 169 Å². The van der Waals surface area contributed by atoms with Gasteiger partial charge in [0.05, 0.1) is 36.2 Å². The van der Waals surface area contributed by atoms with Gasteiger partial charge < -0.3 is 19.9 Å². The van der Waals surface area contributed by atoms with Crippen LogP contribution in [0.4, 0.5) is 0 Å². The van der Waals surface area contributed by atoms with Crippen molar-refractivity contribution in [2.75, 3.05) is 0 Å². The first-order chi connectivity index (χ1) is 13.7.